The minimum Gasteiger partial charge on any atom is -0.466 e. The molecule has 2 atom stereocenters. The van der Waals surface area contributed by atoms with Crippen LogP contribution in [0, 0.1) is 0 Å². The van der Waals surface area contributed by atoms with E-state index in [1.807, 2.05) is 0 Å². The van der Waals surface area contributed by atoms with Crippen LogP contribution in [-0.2, 0) is 14.3 Å². The number of nitrogens with one attached hydrogen (secondary N) is 1. The molecule has 0 saturated heterocycles. The summed E-state index contributed by atoms with van der Waals surface area (Å²) in [7, 11) is 0. The normalized spacial score (nSPS) is 12.6. The highest BCUT2D eigenvalue weighted by molar-refractivity contribution is 5.76. The molecule has 0 fully saturated rings. The first-order valence-electron chi connectivity index (χ1n) is 38.1. The van der Waals surface area contributed by atoms with Gasteiger partial charge in [-0.15, -0.1) is 0 Å². The number of allylic oxidation sites excluding steroid dienone is 4. The lowest BCUT2D eigenvalue weighted by molar-refractivity contribution is -0.143. The maximum atomic E-state index is 12.5. The van der Waals surface area contributed by atoms with Crippen LogP contribution < -0.4 is 5.32 Å². The van der Waals surface area contributed by atoms with E-state index >= 15 is 0 Å². The Morgan fingerprint density at radius 3 is 0.940 bits per heavy atom. The molecule has 1 amide bonds. The molecular formula is C77H149NO5. The van der Waals surface area contributed by atoms with Crippen LogP contribution in [0.4, 0.5) is 0 Å². The largest absolute Gasteiger partial charge is 0.466 e. The van der Waals surface area contributed by atoms with Gasteiger partial charge >= 0.3 is 5.97 Å². The van der Waals surface area contributed by atoms with E-state index in [4.69, 9.17) is 4.74 Å². The maximum absolute atomic E-state index is 12.5. The Balaban J connectivity index is 3.29. The standard InChI is InChI=1S/C77H149NO5/c1-3-5-7-9-11-13-15-17-42-47-51-55-59-63-67-71-77(82)83-72-68-64-60-56-52-48-44-41-39-37-35-33-31-29-27-25-23-21-19-20-22-24-26-28-30-32-34-36-38-40-43-46-50-54-58-62-66-70-76(81)78-74(73-79)75(80)69-65-61-57-53-49-45-18-16-14-12-10-8-6-4-2/h11,13,17,42,74-75,79-80H,3-10,12,14-16,18-41,43-73H2,1-2H3,(H,78,81)/b13-11-,42-17-. The molecule has 0 heterocycles. The highest BCUT2D eigenvalue weighted by atomic mass is 16.5. The number of hydrogen-bond donors (Lipinski definition) is 3. The SMILES string of the molecule is CCCCC/C=C\C/C=C\CCCCCCCC(=O)OCCCCCCCCCCCCCCCCCCCCCCCCCCCCCCCCCCCCCCCC(=O)NC(CO)C(O)CCCCCCCCCCCCCCCC. The molecule has 0 rings (SSSR count). The Morgan fingerprint density at radius 2 is 0.602 bits per heavy atom. The summed E-state index contributed by atoms with van der Waals surface area (Å²) in [4.78, 5) is 24.6. The van der Waals surface area contributed by atoms with E-state index < -0.39 is 12.1 Å². The maximum Gasteiger partial charge on any atom is 0.305 e. The third kappa shape index (κ3) is 69.3. The van der Waals surface area contributed by atoms with Crippen molar-refractivity contribution < 1.29 is 24.5 Å². The first-order valence-corrected chi connectivity index (χ1v) is 38.1. The van der Waals surface area contributed by atoms with Crippen molar-refractivity contribution >= 4 is 11.9 Å². The average Bonchev–Trinajstić information content (AvgIpc) is 3.49. The molecule has 0 aliphatic heterocycles. The number of esters is 1. The number of hydrogen-bond acceptors (Lipinski definition) is 5. The van der Waals surface area contributed by atoms with E-state index in [1.54, 1.807) is 0 Å². The fraction of sp³-hybridized carbons (Fsp3) is 0.922. The highest BCUT2D eigenvalue weighted by Gasteiger charge is 2.20. The third-order valence-corrected chi connectivity index (χ3v) is 18.0. The summed E-state index contributed by atoms with van der Waals surface area (Å²) < 4.78 is 5.49. The Hall–Kier alpha value is -1.66. The third-order valence-electron chi connectivity index (χ3n) is 18.0. The van der Waals surface area contributed by atoms with Crippen molar-refractivity contribution in [2.45, 2.75) is 443 Å². The van der Waals surface area contributed by atoms with Gasteiger partial charge in [-0.3, -0.25) is 9.59 Å². The van der Waals surface area contributed by atoms with Crippen molar-refractivity contribution in [2.75, 3.05) is 13.2 Å². The lowest BCUT2D eigenvalue weighted by Crippen LogP contribution is -2.45. The van der Waals surface area contributed by atoms with Crippen molar-refractivity contribution in [3.8, 4) is 0 Å². The van der Waals surface area contributed by atoms with Gasteiger partial charge in [0.05, 0.1) is 25.4 Å². The van der Waals surface area contributed by atoms with Crippen molar-refractivity contribution in [1.29, 1.82) is 0 Å². The van der Waals surface area contributed by atoms with E-state index in [0.29, 0.717) is 25.9 Å². The lowest BCUT2D eigenvalue weighted by Gasteiger charge is -2.22. The van der Waals surface area contributed by atoms with Gasteiger partial charge in [-0.05, 0) is 57.8 Å². The van der Waals surface area contributed by atoms with Crippen LogP contribution in [-0.4, -0.2) is 47.4 Å². The molecule has 0 spiro atoms. The molecule has 492 valence electrons. The zero-order valence-corrected chi connectivity index (χ0v) is 56.5. The number of rotatable bonds is 72. The summed E-state index contributed by atoms with van der Waals surface area (Å²) in [6.45, 7) is 4.96. The summed E-state index contributed by atoms with van der Waals surface area (Å²) in [5.41, 5.74) is 0. The van der Waals surface area contributed by atoms with Gasteiger partial charge in [-0.1, -0.05) is 385 Å². The molecule has 0 aliphatic carbocycles. The van der Waals surface area contributed by atoms with Crippen LogP contribution in [0.15, 0.2) is 24.3 Å². The molecule has 0 aromatic carbocycles. The van der Waals surface area contributed by atoms with Crippen LogP contribution in [0.25, 0.3) is 0 Å². The zero-order chi connectivity index (χ0) is 59.9. The van der Waals surface area contributed by atoms with E-state index in [9.17, 15) is 19.8 Å². The summed E-state index contributed by atoms with van der Waals surface area (Å²) in [6, 6.07) is -0.536. The summed E-state index contributed by atoms with van der Waals surface area (Å²) >= 11 is 0. The molecule has 3 N–H and O–H groups in total. The van der Waals surface area contributed by atoms with Gasteiger partial charge in [0.2, 0.25) is 5.91 Å². The van der Waals surface area contributed by atoms with Gasteiger partial charge in [0.25, 0.3) is 0 Å². The second-order valence-corrected chi connectivity index (χ2v) is 26.3. The fourth-order valence-corrected chi connectivity index (χ4v) is 12.2. The Labute approximate surface area is 520 Å². The van der Waals surface area contributed by atoms with Crippen molar-refractivity contribution in [3.63, 3.8) is 0 Å². The van der Waals surface area contributed by atoms with Gasteiger partial charge in [-0.2, -0.15) is 0 Å². The number of amides is 1. The molecule has 0 aliphatic rings. The number of unbranched alkanes of at least 4 members (excludes halogenated alkanes) is 57. The van der Waals surface area contributed by atoms with Crippen LogP contribution in [0.2, 0.25) is 0 Å². The molecule has 6 nitrogen and oxygen atoms in total. The Kier molecular flexibility index (Phi) is 71.4. The van der Waals surface area contributed by atoms with E-state index in [-0.39, 0.29) is 18.5 Å². The average molecular weight is 1170 g/mol. The van der Waals surface area contributed by atoms with E-state index in [0.717, 1.165) is 51.4 Å². The van der Waals surface area contributed by atoms with Crippen LogP contribution in [0.3, 0.4) is 0 Å². The molecule has 0 bridgehead atoms. The van der Waals surface area contributed by atoms with Crippen molar-refractivity contribution in [1.82, 2.24) is 5.32 Å². The second kappa shape index (κ2) is 72.8. The van der Waals surface area contributed by atoms with Gasteiger partial charge in [-0.25, -0.2) is 0 Å². The number of carbonyl (C=O) groups excluding carboxylic acids is 2. The van der Waals surface area contributed by atoms with Crippen LogP contribution >= 0.6 is 0 Å². The van der Waals surface area contributed by atoms with Crippen molar-refractivity contribution in [2.24, 2.45) is 0 Å². The molecule has 0 aromatic heterocycles. The van der Waals surface area contributed by atoms with Gasteiger partial charge < -0.3 is 20.3 Å². The molecule has 2 unspecified atom stereocenters. The monoisotopic (exact) mass is 1170 g/mol. The predicted octanol–water partition coefficient (Wildman–Crippen LogP) is 24.9. The number of carbonyl (C=O) groups is 2. The number of ether oxygens (including phenoxy) is 1. The molecule has 0 radical (unpaired) electrons. The summed E-state index contributed by atoms with van der Waals surface area (Å²) in [5.74, 6) is -0.0163. The highest BCUT2D eigenvalue weighted by Crippen LogP contribution is 2.20. The molecule has 6 heteroatoms. The Morgan fingerprint density at radius 1 is 0.337 bits per heavy atom. The predicted molar refractivity (Wildman–Crippen MR) is 366 cm³/mol. The smallest absolute Gasteiger partial charge is 0.305 e. The Bertz CT molecular complexity index is 1300. The number of aliphatic hydroxyl groups is 2. The fourth-order valence-electron chi connectivity index (χ4n) is 12.2. The minimum atomic E-state index is -0.659. The first-order chi connectivity index (χ1) is 41.0. The van der Waals surface area contributed by atoms with E-state index in [2.05, 4.69) is 43.5 Å². The summed E-state index contributed by atoms with van der Waals surface area (Å²) in [6.07, 6.45) is 92.7. The van der Waals surface area contributed by atoms with Gasteiger partial charge in [0, 0.05) is 12.8 Å². The van der Waals surface area contributed by atoms with Crippen LogP contribution in [0.5, 0.6) is 0 Å². The quantitative estimate of drug-likeness (QED) is 0.0320. The number of aliphatic hydroxyl groups excluding tert-OH is 2. The zero-order valence-electron chi connectivity index (χ0n) is 56.5. The molecule has 0 saturated carbocycles. The summed E-state index contributed by atoms with van der Waals surface area (Å²) in [5, 5.41) is 23.3. The van der Waals surface area contributed by atoms with Gasteiger partial charge in [0.15, 0.2) is 0 Å². The topological polar surface area (TPSA) is 95.9 Å². The minimum absolute atomic E-state index is 0.00995. The molecular weight excluding hydrogens is 1020 g/mol. The second-order valence-electron chi connectivity index (χ2n) is 26.3. The first kappa shape index (κ1) is 81.3. The van der Waals surface area contributed by atoms with Crippen molar-refractivity contribution in [3.05, 3.63) is 24.3 Å². The van der Waals surface area contributed by atoms with E-state index in [1.165, 1.54) is 347 Å². The van der Waals surface area contributed by atoms with Crippen LogP contribution in [0.1, 0.15) is 431 Å². The molecule has 83 heavy (non-hydrogen) atoms. The van der Waals surface area contributed by atoms with Gasteiger partial charge in [0.1, 0.15) is 0 Å². The molecule has 0 aromatic rings. The lowest BCUT2D eigenvalue weighted by atomic mass is 10.0.